The Morgan fingerprint density at radius 3 is 3.00 bits per heavy atom. The van der Waals surface area contributed by atoms with Gasteiger partial charge in [-0.25, -0.2) is 0 Å². The van der Waals surface area contributed by atoms with Crippen molar-refractivity contribution in [1.82, 2.24) is 9.78 Å². The van der Waals surface area contributed by atoms with Crippen molar-refractivity contribution in [3.05, 3.63) is 33.7 Å². The first-order valence-corrected chi connectivity index (χ1v) is 5.00. The van der Waals surface area contributed by atoms with Gasteiger partial charge in [0.15, 0.2) is 0 Å². The lowest BCUT2D eigenvalue weighted by molar-refractivity contribution is 0.689. The first kappa shape index (κ1) is 8.59. The molecular weight excluding hydrogens is 206 g/mol. The summed E-state index contributed by atoms with van der Waals surface area (Å²) in [5, 5.41) is 6.09. The summed E-state index contributed by atoms with van der Waals surface area (Å²) in [5.41, 5.74) is 7.36. The van der Waals surface area contributed by atoms with Gasteiger partial charge in [-0.2, -0.15) is 5.10 Å². The number of nitrogens with zero attached hydrogens (tertiary/aromatic N) is 2. The average Bonchev–Trinajstić information content (AvgIpc) is 2.62. The highest BCUT2D eigenvalue weighted by atomic mass is 35.5. The number of anilines is 1. The summed E-state index contributed by atoms with van der Waals surface area (Å²) < 4.78 is 2.59. The Morgan fingerprint density at radius 2 is 2.46 bits per heavy atom. The zero-order valence-electron chi connectivity index (χ0n) is 6.77. The van der Waals surface area contributed by atoms with Crippen LogP contribution >= 0.6 is 22.9 Å². The van der Waals surface area contributed by atoms with Gasteiger partial charge in [0, 0.05) is 6.20 Å². The van der Waals surface area contributed by atoms with Crippen molar-refractivity contribution in [2.45, 2.75) is 6.54 Å². The number of aromatic nitrogens is 2. The molecule has 0 aromatic carbocycles. The maximum absolute atomic E-state index is 5.80. The molecule has 0 radical (unpaired) electrons. The quantitative estimate of drug-likeness (QED) is 0.832. The third-order valence-electron chi connectivity index (χ3n) is 1.62. The van der Waals surface area contributed by atoms with Gasteiger partial charge in [0.1, 0.15) is 0 Å². The van der Waals surface area contributed by atoms with Crippen LogP contribution in [0, 0.1) is 0 Å². The van der Waals surface area contributed by atoms with Gasteiger partial charge in [-0.3, -0.25) is 4.68 Å². The first-order valence-electron chi connectivity index (χ1n) is 3.75. The van der Waals surface area contributed by atoms with Crippen LogP contribution < -0.4 is 5.73 Å². The van der Waals surface area contributed by atoms with Crippen LogP contribution in [-0.4, -0.2) is 9.78 Å². The fourth-order valence-electron chi connectivity index (χ4n) is 1.08. The van der Waals surface area contributed by atoms with Crippen molar-refractivity contribution in [1.29, 1.82) is 0 Å². The minimum Gasteiger partial charge on any atom is -0.396 e. The Morgan fingerprint density at radius 1 is 1.62 bits per heavy atom. The van der Waals surface area contributed by atoms with Crippen molar-refractivity contribution in [2.24, 2.45) is 0 Å². The Balaban J connectivity index is 2.14. The summed E-state index contributed by atoms with van der Waals surface area (Å²) >= 11 is 7.32. The Hall–Kier alpha value is -1.00. The molecule has 0 saturated carbocycles. The van der Waals surface area contributed by atoms with Gasteiger partial charge in [-0.1, -0.05) is 11.6 Å². The van der Waals surface area contributed by atoms with E-state index in [1.807, 2.05) is 11.4 Å². The average molecular weight is 214 g/mol. The number of thiophene rings is 1. The van der Waals surface area contributed by atoms with Gasteiger partial charge in [0.2, 0.25) is 0 Å². The lowest BCUT2D eigenvalue weighted by atomic mass is 10.3. The predicted octanol–water partition coefficient (Wildman–Crippen LogP) is 2.23. The zero-order chi connectivity index (χ0) is 9.26. The highest BCUT2D eigenvalue weighted by Crippen LogP contribution is 2.20. The van der Waals surface area contributed by atoms with Crippen LogP contribution in [-0.2, 0) is 6.54 Å². The Bertz CT molecular complexity index is 369. The summed E-state index contributed by atoms with van der Waals surface area (Å²) in [6, 6.07) is 1.93. The number of nitrogens with two attached hydrogens (primary N) is 1. The molecule has 3 nitrogen and oxygen atoms in total. The fourth-order valence-corrected chi connectivity index (χ4v) is 1.98. The molecule has 0 aliphatic rings. The van der Waals surface area contributed by atoms with Crippen LogP contribution in [0.5, 0.6) is 0 Å². The summed E-state index contributed by atoms with van der Waals surface area (Å²) in [5.74, 6) is 0. The van der Waals surface area contributed by atoms with E-state index in [2.05, 4.69) is 5.10 Å². The highest BCUT2D eigenvalue weighted by molar-refractivity contribution is 7.14. The fraction of sp³-hybridized carbons (Fsp3) is 0.125. The standard InChI is InChI=1S/C8H8ClN3S/c9-8-1-6(5-13-8)3-12-4-7(10)2-11-12/h1-2,4-5H,3,10H2. The molecule has 2 rings (SSSR count). The second kappa shape index (κ2) is 3.40. The van der Waals surface area contributed by atoms with Crippen molar-refractivity contribution >= 4 is 28.6 Å². The maximum atomic E-state index is 5.80. The van der Waals surface area contributed by atoms with E-state index in [4.69, 9.17) is 17.3 Å². The zero-order valence-corrected chi connectivity index (χ0v) is 8.35. The highest BCUT2D eigenvalue weighted by Gasteiger charge is 1.99. The number of nitrogen functional groups attached to an aromatic ring is 1. The molecule has 2 aromatic rings. The molecule has 0 unspecified atom stereocenters. The first-order chi connectivity index (χ1) is 6.24. The minimum absolute atomic E-state index is 0.682. The lowest BCUT2D eigenvalue weighted by Crippen LogP contribution is -1.98. The normalized spacial score (nSPS) is 10.5. The Kier molecular flexibility index (Phi) is 2.24. The molecule has 0 aliphatic carbocycles. The third kappa shape index (κ3) is 2.02. The largest absolute Gasteiger partial charge is 0.396 e. The number of rotatable bonds is 2. The Labute approximate surface area is 84.7 Å². The molecule has 0 atom stereocenters. The molecule has 5 heteroatoms. The number of hydrogen-bond acceptors (Lipinski definition) is 3. The molecule has 0 bridgehead atoms. The summed E-state index contributed by atoms with van der Waals surface area (Å²) in [6.07, 6.45) is 3.43. The molecule has 2 heterocycles. The van der Waals surface area contributed by atoms with E-state index in [0.29, 0.717) is 5.69 Å². The van der Waals surface area contributed by atoms with Crippen molar-refractivity contribution in [2.75, 3.05) is 5.73 Å². The summed E-state index contributed by atoms with van der Waals surface area (Å²) in [6.45, 7) is 0.723. The molecular formula is C8H8ClN3S. The molecule has 0 amide bonds. The molecule has 0 fully saturated rings. The van der Waals surface area contributed by atoms with E-state index < -0.39 is 0 Å². The van der Waals surface area contributed by atoms with Gasteiger partial charge in [-0.05, 0) is 17.0 Å². The lowest BCUT2D eigenvalue weighted by Gasteiger charge is -1.96. The molecule has 2 N–H and O–H groups in total. The second-order valence-electron chi connectivity index (χ2n) is 2.73. The van der Waals surface area contributed by atoms with Crippen molar-refractivity contribution in [3.63, 3.8) is 0 Å². The van der Waals surface area contributed by atoms with Crippen LogP contribution in [0.15, 0.2) is 23.8 Å². The van der Waals surface area contributed by atoms with Gasteiger partial charge in [-0.15, -0.1) is 11.3 Å². The summed E-state index contributed by atoms with van der Waals surface area (Å²) in [4.78, 5) is 0. The van der Waals surface area contributed by atoms with Crippen LogP contribution in [0.4, 0.5) is 5.69 Å². The van der Waals surface area contributed by atoms with E-state index >= 15 is 0 Å². The van der Waals surface area contributed by atoms with Crippen molar-refractivity contribution in [3.8, 4) is 0 Å². The van der Waals surface area contributed by atoms with Crippen LogP contribution in [0.1, 0.15) is 5.56 Å². The van der Waals surface area contributed by atoms with Crippen LogP contribution in [0.25, 0.3) is 0 Å². The predicted molar refractivity (Wildman–Crippen MR) is 55.1 cm³/mol. The number of hydrogen-bond donors (Lipinski definition) is 1. The molecule has 0 aliphatic heterocycles. The van der Waals surface area contributed by atoms with E-state index in [0.717, 1.165) is 16.4 Å². The van der Waals surface area contributed by atoms with E-state index in [-0.39, 0.29) is 0 Å². The van der Waals surface area contributed by atoms with Gasteiger partial charge < -0.3 is 5.73 Å². The molecule has 68 valence electrons. The van der Waals surface area contributed by atoms with Crippen LogP contribution in [0.2, 0.25) is 4.34 Å². The number of halogens is 1. The molecule has 0 saturated heterocycles. The smallest absolute Gasteiger partial charge is 0.0931 e. The topological polar surface area (TPSA) is 43.8 Å². The second-order valence-corrected chi connectivity index (χ2v) is 4.27. The van der Waals surface area contributed by atoms with E-state index in [1.165, 1.54) is 11.3 Å². The maximum Gasteiger partial charge on any atom is 0.0931 e. The third-order valence-corrected chi connectivity index (χ3v) is 2.76. The van der Waals surface area contributed by atoms with E-state index in [1.54, 1.807) is 17.1 Å². The molecule has 0 spiro atoms. The molecule has 2 aromatic heterocycles. The molecule has 13 heavy (non-hydrogen) atoms. The minimum atomic E-state index is 0.682. The SMILES string of the molecule is Nc1cnn(Cc2csc(Cl)c2)c1. The van der Waals surface area contributed by atoms with Crippen LogP contribution in [0.3, 0.4) is 0 Å². The van der Waals surface area contributed by atoms with Crippen molar-refractivity contribution < 1.29 is 0 Å². The monoisotopic (exact) mass is 213 g/mol. The summed E-state index contributed by atoms with van der Waals surface area (Å²) in [7, 11) is 0. The van der Waals surface area contributed by atoms with E-state index in [9.17, 15) is 0 Å². The van der Waals surface area contributed by atoms with Gasteiger partial charge in [0.05, 0.1) is 22.8 Å². The van der Waals surface area contributed by atoms with Gasteiger partial charge >= 0.3 is 0 Å². The van der Waals surface area contributed by atoms with Gasteiger partial charge in [0.25, 0.3) is 0 Å².